The van der Waals surface area contributed by atoms with E-state index in [0.29, 0.717) is 42.3 Å². The van der Waals surface area contributed by atoms with Crippen molar-refractivity contribution >= 4 is 40.4 Å². The van der Waals surface area contributed by atoms with Gasteiger partial charge in [-0.25, -0.2) is 4.39 Å². The number of carbonyl (C=O) groups is 3. The van der Waals surface area contributed by atoms with Crippen LogP contribution < -0.4 is 15.5 Å². The molecule has 0 spiro atoms. The second-order valence-electron chi connectivity index (χ2n) is 9.41. The molecule has 0 atom stereocenters. The van der Waals surface area contributed by atoms with Crippen molar-refractivity contribution in [3.05, 3.63) is 81.8 Å². The van der Waals surface area contributed by atoms with E-state index in [1.165, 1.54) is 23.5 Å². The SMILES string of the molecule is O=C(Nc1ccc(N2CCCN(C(=O)C3CC3)CC2)c(C(=O)NCc2ccc(F)cc2)c1)c1cccs1. The molecule has 3 amide bonds. The highest BCUT2D eigenvalue weighted by atomic mass is 32.1. The third-order valence-electron chi connectivity index (χ3n) is 6.69. The van der Waals surface area contributed by atoms with Crippen molar-refractivity contribution in [1.29, 1.82) is 0 Å². The highest BCUT2D eigenvalue weighted by Crippen LogP contribution is 2.32. The Morgan fingerprint density at radius 3 is 2.49 bits per heavy atom. The topological polar surface area (TPSA) is 81.8 Å². The molecular formula is C28H29FN4O3S. The molecule has 0 unspecified atom stereocenters. The second kappa shape index (κ2) is 11.1. The molecule has 2 aromatic carbocycles. The minimum Gasteiger partial charge on any atom is -0.369 e. The highest BCUT2D eigenvalue weighted by molar-refractivity contribution is 7.12. The first-order chi connectivity index (χ1) is 18.0. The lowest BCUT2D eigenvalue weighted by molar-refractivity contribution is -0.132. The van der Waals surface area contributed by atoms with Crippen molar-refractivity contribution in [2.75, 3.05) is 36.4 Å². The van der Waals surface area contributed by atoms with Gasteiger partial charge in [0.15, 0.2) is 0 Å². The lowest BCUT2D eigenvalue weighted by Gasteiger charge is -2.26. The summed E-state index contributed by atoms with van der Waals surface area (Å²) in [5.74, 6) is -0.426. The Labute approximate surface area is 219 Å². The number of nitrogens with one attached hydrogen (secondary N) is 2. The number of anilines is 2. The molecule has 7 nitrogen and oxygen atoms in total. The fourth-order valence-electron chi connectivity index (χ4n) is 4.52. The van der Waals surface area contributed by atoms with Crippen molar-refractivity contribution in [3.63, 3.8) is 0 Å². The van der Waals surface area contributed by atoms with Gasteiger partial charge in [0.2, 0.25) is 5.91 Å². The van der Waals surface area contributed by atoms with Gasteiger partial charge in [-0.1, -0.05) is 18.2 Å². The largest absolute Gasteiger partial charge is 0.369 e. The summed E-state index contributed by atoms with van der Waals surface area (Å²) < 4.78 is 13.3. The standard InChI is InChI=1S/C28H29FN4O3S/c29-21-8-4-19(5-9-21)18-30-26(34)23-17-22(31-27(35)25-3-1-16-37-25)10-11-24(23)32-12-2-13-33(15-14-32)28(36)20-6-7-20/h1,3-5,8-11,16-17,20H,2,6-7,12-15,18H2,(H,30,34)(H,31,35). The van der Waals surface area contributed by atoms with E-state index in [2.05, 4.69) is 15.5 Å². The Morgan fingerprint density at radius 2 is 1.76 bits per heavy atom. The molecular weight excluding hydrogens is 491 g/mol. The van der Waals surface area contributed by atoms with Crippen molar-refractivity contribution < 1.29 is 18.8 Å². The molecule has 2 aliphatic rings. The van der Waals surface area contributed by atoms with Crippen molar-refractivity contribution in [2.24, 2.45) is 5.92 Å². The van der Waals surface area contributed by atoms with Gasteiger partial charge in [-0.2, -0.15) is 0 Å². The van der Waals surface area contributed by atoms with E-state index in [1.54, 1.807) is 30.3 Å². The minimum atomic E-state index is -0.332. The van der Waals surface area contributed by atoms with E-state index in [1.807, 2.05) is 22.4 Å². The first kappa shape index (κ1) is 25.0. The average Bonchev–Trinajstić information content (AvgIpc) is 3.67. The van der Waals surface area contributed by atoms with E-state index >= 15 is 0 Å². The Kier molecular flexibility index (Phi) is 7.50. The Hall–Kier alpha value is -3.72. The van der Waals surface area contributed by atoms with Crippen LogP contribution in [0.2, 0.25) is 0 Å². The van der Waals surface area contributed by atoms with Crippen LogP contribution in [0.3, 0.4) is 0 Å². The zero-order chi connectivity index (χ0) is 25.8. The predicted octanol–water partition coefficient (Wildman–Crippen LogP) is 4.52. The smallest absolute Gasteiger partial charge is 0.265 e. The summed E-state index contributed by atoms with van der Waals surface area (Å²) in [5.41, 5.74) is 2.50. The van der Waals surface area contributed by atoms with Crippen molar-refractivity contribution in [1.82, 2.24) is 10.2 Å². The Morgan fingerprint density at radius 1 is 0.946 bits per heavy atom. The van der Waals surface area contributed by atoms with Crippen LogP contribution in [-0.4, -0.2) is 48.8 Å². The molecule has 0 radical (unpaired) electrons. The third-order valence-corrected chi connectivity index (χ3v) is 7.55. The summed E-state index contributed by atoms with van der Waals surface area (Å²) in [5, 5.41) is 7.64. The maximum atomic E-state index is 13.4. The maximum Gasteiger partial charge on any atom is 0.265 e. The molecule has 5 rings (SSSR count). The van der Waals surface area contributed by atoms with Crippen LogP contribution in [0.5, 0.6) is 0 Å². The van der Waals surface area contributed by atoms with Crippen LogP contribution in [0.25, 0.3) is 0 Å². The molecule has 1 aromatic heterocycles. The highest BCUT2D eigenvalue weighted by Gasteiger charge is 2.34. The molecule has 9 heteroatoms. The molecule has 3 aromatic rings. The van der Waals surface area contributed by atoms with E-state index in [0.717, 1.165) is 30.5 Å². The van der Waals surface area contributed by atoms with E-state index in [4.69, 9.17) is 0 Å². The van der Waals surface area contributed by atoms with Crippen LogP contribution in [0.15, 0.2) is 60.0 Å². The second-order valence-corrected chi connectivity index (χ2v) is 10.4. The van der Waals surface area contributed by atoms with Crippen LogP contribution in [0.1, 0.15) is 44.9 Å². The number of carbonyl (C=O) groups excluding carboxylic acids is 3. The monoisotopic (exact) mass is 520 g/mol. The van der Waals surface area contributed by atoms with Crippen LogP contribution >= 0.6 is 11.3 Å². The number of hydrogen-bond acceptors (Lipinski definition) is 5. The van der Waals surface area contributed by atoms with Crippen LogP contribution in [0.4, 0.5) is 15.8 Å². The minimum absolute atomic E-state index is 0.186. The molecule has 2 fully saturated rings. The third kappa shape index (κ3) is 6.17. The van der Waals surface area contributed by atoms with Gasteiger partial charge in [-0.05, 0) is 66.6 Å². The summed E-state index contributed by atoms with van der Waals surface area (Å²) in [6.45, 7) is 2.91. The molecule has 2 N–H and O–H groups in total. The lowest BCUT2D eigenvalue weighted by Crippen LogP contribution is -2.36. The molecule has 2 heterocycles. The zero-order valence-corrected chi connectivity index (χ0v) is 21.2. The first-order valence-corrected chi connectivity index (χ1v) is 13.4. The number of rotatable bonds is 7. The number of thiophene rings is 1. The van der Waals surface area contributed by atoms with Gasteiger partial charge in [0, 0.05) is 50.0 Å². The summed E-state index contributed by atoms with van der Waals surface area (Å²) >= 11 is 1.35. The quantitative estimate of drug-likeness (QED) is 0.480. The fourth-order valence-corrected chi connectivity index (χ4v) is 5.14. The normalized spacial score (nSPS) is 15.7. The average molecular weight is 521 g/mol. The summed E-state index contributed by atoms with van der Waals surface area (Å²) in [7, 11) is 0. The summed E-state index contributed by atoms with van der Waals surface area (Å²) in [4.78, 5) is 43.3. The van der Waals surface area contributed by atoms with Gasteiger partial charge in [0.1, 0.15) is 5.82 Å². The predicted molar refractivity (Wildman–Crippen MR) is 142 cm³/mol. The number of hydrogen-bond donors (Lipinski definition) is 2. The van der Waals surface area contributed by atoms with Gasteiger partial charge in [-0.15, -0.1) is 11.3 Å². The molecule has 1 saturated heterocycles. The Bertz CT molecular complexity index is 1280. The summed E-state index contributed by atoms with van der Waals surface area (Å²) in [6.07, 6.45) is 2.78. The number of halogens is 1. The molecule has 37 heavy (non-hydrogen) atoms. The molecule has 1 aliphatic carbocycles. The van der Waals surface area contributed by atoms with Gasteiger partial charge in [-0.3, -0.25) is 14.4 Å². The van der Waals surface area contributed by atoms with Crippen molar-refractivity contribution in [3.8, 4) is 0 Å². The van der Waals surface area contributed by atoms with E-state index in [9.17, 15) is 18.8 Å². The lowest BCUT2D eigenvalue weighted by atomic mass is 10.1. The van der Waals surface area contributed by atoms with Gasteiger partial charge >= 0.3 is 0 Å². The number of benzene rings is 2. The van der Waals surface area contributed by atoms with Crippen LogP contribution in [-0.2, 0) is 11.3 Å². The number of amides is 3. The fraction of sp³-hybridized carbons (Fsp3) is 0.321. The first-order valence-electron chi connectivity index (χ1n) is 12.5. The number of nitrogens with zero attached hydrogens (tertiary/aromatic N) is 2. The van der Waals surface area contributed by atoms with Gasteiger partial charge in [0.05, 0.1) is 10.4 Å². The van der Waals surface area contributed by atoms with Crippen LogP contribution in [0, 0.1) is 11.7 Å². The molecule has 1 saturated carbocycles. The molecule has 1 aliphatic heterocycles. The zero-order valence-electron chi connectivity index (χ0n) is 20.4. The van der Waals surface area contributed by atoms with E-state index in [-0.39, 0.29) is 36.0 Å². The van der Waals surface area contributed by atoms with Gasteiger partial charge < -0.3 is 20.4 Å². The molecule has 0 bridgehead atoms. The Balaban J connectivity index is 1.36. The van der Waals surface area contributed by atoms with Crippen molar-refractivity contribution in [2.45, 2.75) is 25.8 Å². The summed E-state index contributed by atoms with van der Waals surface area (Å²) in [6, 6.07) is 14.9. The van der Waals surface area contributed by atoms with Gasteiger partial charge in [0.25, 0.3) is 11.8 Å². The van der Waals surface area contributed by atoms with E-state index < -0.39 is 0 Å². The maximum absolute atomic E-state index is 13.4. The molecule has 192 valence electrons.